The van der Waals surface area contributed by atoms with Gasteiger partial charge in [0.2, 0.25) is 0 Å². The van der Waals surface area contributed by atoms with E-state index in [4.69, 9.17) is 0 Å². The Kier molecular flexibility index (Phi) is 7.17. The minimum absolute atomic E-state index is 0.151. The van der Waals surface area contributed by atoms with Crippen molar-refractivity contribution in [1.29, 1.82) is 0 Å². The van der Waals surface area contributed by atoms with E-state index >= 15 is 0 Å². The van der Waals surface area contributed by atoms with Gasteiger partial charge in [-0.1, -0.05) is 25.8 Å². The molecule has 1 heterocycles. The van der Waals surface area contributed by atoms with Crippen LogP contribution in [0.4, 0.5) is 0 Å². The number of hydrogen-bond donors (Lipinski definition) is 1. The highest BCUT2D eigenvalue weighted by Crippen LogP contribution is 2.06. The summed E-state index contributed by atoms with van der Waals surface area (Å²) in [6, 6.07) is 4.33. The van der Waals surface area contributed by atoms with Gasteiger partial charge in [0.15, 0.2) is 0 Å². The molecule has 0 bridgehead atoms. The summed E-state index contributed by atoms with van der Waals surface area (Å²) in [6.07, 6.45) is 5.87. The van der Waals surface area contributed by atoms with Crippen LogP contribution in [0.15, 0.2) is 18.3 Å². The number of aromatic nitrogens is 1. The van der Waals surface area contributed by atoms with Gasteiger partial charge in [-0.15, -0.1) is 0 Å². The summed E-state index contributed by atoms with van der Waals surface area (Å²) in [4.78, 5) is 6.92. The molecule has 0 unspecified atom stereocenters. The number of nitrogens with zero attached hydrogens (tertiary/aromatic N) is 2. The second-order valence-electron chi connectivity index (χ2n) is 6.71. The van der Waals surface area contributed by atoms with E-state index in [1.807, 2.05) is 6.20 Å². The minimum Gasteiger partial charge on any atom is -0.308 e. The Balaban J connectivity index is 2.38. The minimum atomic E-state index is 0.151. The second kappa shape index (κ2) is 8.38. The molecule has 1 aromatic heterocycles. The highest BCUT2D eigenvalue weighted by atomic mass is 15.1. The fraction of sp³-hybridized carbons (Fsp3) is 0.706. The fourth-order valence-electron chi connectivity index (χ4n) is 2.01. The summed E-state index contributed by atoms with van der Waals surface area (Å²) in [5.41, 5.74) is 2.55. The molecule has 0 aliphatic heterocycles. The first-order valence-electron chi connectivity index (χ1n) is 7.78. The molecule has 0 aromatic carbocycles. The van der Waals surface area contributed by atoms with E-state index in [9.17, 15) is 0 Å². The summed E-state index contributed by atoms with van der Waals surface area (Å²) in [5.74, 6) is 0. The lowest BCUT2D eigenvalue weighted by Gasteiger charge is -2.20. The van der Waals surface area contributed by atoms with Gasteiger partial charge >= 0.3 is 0 Å². The Morgan fingerprint density at radius 1 is 1.20 bits per heavy atom. The molecule has 3 nitrogen and oxygen atoms in total. The predicted molar refractivity (Wildman–Crippen MR) is 86.7 cm³/mol. The maximum atomic E-state index is 4.57. The van der Waals surface area contributed by atoms with Crippen molar-refractivity contribution < 1.29 is 0 Å². The monoisotopic (exact) mass is 277 g/mol. The van der Waals surface area contributed by atoms with E-state index < -0.39 is 0 Å². The lowest BCUT2D eigenvalue weighted by molar-refractivity contribution is 0.314. The van der Waals surface area contributed by atoms with Crippen LogP contribution in [-0.4, -0.2) is 29.0 Å². The Morgan fingerprint density at radius 2 is 1.95 bits per heavy atom. The summed E-state index contributed by atoms with van der Waals surface area (Å²) in [5, 5.41) is 3.48. The first-order chi connectivity index (χ1) is 9.40. The molecule has 1 rings (SSSR count). The Bertz CT molecular complexity index is 365. The van der Waals surface area contributed by atoms with Gasteiger partial charge < -0.3 is 10.2 Å². The largest absolute Gasteiger partial charge is 0.308 e. The summed E-state index contributed by atoms with van der Waals surface area (Å²) in [6.45, 7) is 11.8. The maximum Gasteiger partial charge on any atom is 0.0544 e. The van der Waals surface area contributed by atoms with Gasteiger partial charge in [-0.2, -0.15) is 0 Å². The zero-order chi connectivity index (χ0) is 15.0. The molecular weight excluding hydrogens is 246 g/mol. The lowest BCUT2D eigenvalue weighted by atomic mass is 10.1. The lowest BCUT2D eigenvalue weighted by Crippen LogP contribution is -2.35. The van der Waals surface area contributed by atoms with Crippen molar-refractivity contribution in [2.24, 2.45) is 0 Å². The van der Waals surface area contributed by atoms with Crippen molar-refractivity contribution in [3.8, 4) is 0 Å². The molecule has 20 heavy (non-hydrogen) atoms. The zero-order valence-electron chi connectivity index (χ0n) is 13.9. The van der Waals surface area contributed by atoms with Crippen molar-refractivity contribution in [3.63, 3.8) is 0 Å². The maximum absolute atomic E-state index is 4.57. The van der Waals surface area contributed by atoms with Gasteiger partial charge in [0, 0.05) is 24.8 Å². The number of pyridine rings is 1. The average Bonchev–Trinajstić information content (AvgIpc) is 2.37. The zero-order valence-corrected chi connectivity index (χ0v) is 13.9. The van der Waals surface area contributed by atoms with E-state index in [1.54, 1.807) is 0 Å². The standard InChI is InChI=1S/C17H31N3/c1-6-7-8-11-20(5)14-16-10-9-15(12-18-16)13-19-17(2,3)4/h9-10,12,19H,6-8,11,13-14H2,1-5H3. The molecule has 114 valence electrons. The highest BCUT2D eigenvalue weighted by molar-refractivity contribution is 5.14. The van der Waals surface area contributed by atoms with Gasteiger partial charge in [0.05, 0.1) is 5.69 Å². The molecule has 0 atom stereocenters. The second-order valence-corrected chi connectivity index (χ2v) is 6.71. The van der Waals surface area contributed by atoms with Crippen LogP contribution in [0.2, 0.25) is 0 Å². The number of unbranched alkanes of at least 4 members (excludes halogenated alkanes) is 2. The van der Waals surface area contributed by atoms with Crippen LogP contribution in [-0.2, 0) is 13.1 Å². The Labute approximate surface area is 124 Å². The average molecular weight is 277 g/mol. The van der Waals surface area contributed by atoms with Crippen LogP contribution >= 0.6 is 0 Å². The summed E-state index contributed by atoms with van der Waals surface area (Å²) < 4.78 is 0. The molecular formula is C17H31N3. The molecule has 1 N–H and O–H groups in total. The van der Waals surface area contributed by atoms with Crippen molar-refractivity contribution in [1.82, 2.24) is 15.2 Å². The highest BCUT2D eigenvalue weighted by Gasteiger charge is 2.08. The van der Waals surface area contributed by atoms with E-state index in [2.05, 4.69) is 62.1 Å². The molecule has 3 heteroatoms. The molecule has 0 aliphatic carbocycles. The topological polar surface area (TPSA) is 28.2 Å². The quantitative estimate of drug-likeness (QED) is 0.736. The van der Waals surface area contributed by atoms with Gasteiger partial charge in [0.1, 0.15) is 0 Å². The molecule has 0 saturated carbocycles. The molecule has 0 radical (unpaired) electrons. The normalized spacial score (nSPS) is 12.1. The van der Waals surface area contributed by atoms with Crippen molar-refractivity contribution in [2.45, 2.75) is 65.6 Å². The number of hydrogen-bond acceptors (Lipinski definition) is 3. The molecule has 1 aromatic rings. The fourth-order valence-corrected chi connectivity index (χ4v) is 2.01. The van der Waals surface area contributed by atoms with Crippen LogP contribution in [0.1, 0.15) is 58.2 Å². The summed E-state index contributed by atoms with van der Waals surface area (Å²) in [7, 11) is 2.17. The van der Waals surface area contributed by atoms with Crippen molar-refractivity contribution in [2.75, 3.05) is 13.6 Å². The molecule has 0 spiro atoms. The van der Waals surface area contributed by atoms with Gasteiger partial charge in [-0.05, 0) is 52.4 Å². The van der Waals surface area contributed by atoms with Crippen molar-refractivity contribution in [3.05, 3.63) is 29.6 Å². The van der Waals surface area contributed by atoms with Crippen molar-refractivity contribution >= 4 is 0 Å². The number of rotatable bonds is 8. The van der Waals surface area contributed by atoms with E-state index in [-0.39, 0.29) is 5.54 Å². The van der Waals surface area contributed by atoms with Crippen LogP contribution in [0.5, 0.6) is 0 Å². The van der Waals surface area contributed by atoms with Crippen LogP contribution in [0, 0.1) is 0 Å². The SMILES string of the molecule is CCCCCN(C)Cc1ccc(CNC(C)(C)C)cn1. The third-order valence-electron chi connectivity index (χ3n) is 3.28. The predicted octanol–water partition coefficient (Wildman–Crippen LogP) is 3.59. The third kappa shape index (κ3) is 7.61. The van der Waals surface area contributed by atoms with Gasteiger partial charge in [-0.3, -0.25) is 4.98 Å². The Morgan fingerprint density at radius 3 is 2.50 bits per heavy atom. The first-order valence-corrected chi connectivity index (χ1v) is 7.78. The van der Waals surface area contributed by atoms with Crippen LogP contribution in [0.3, 0.4) is 0 Å². The Hall–Kier alpha value is -0.930. The van der Waals surface area contributed by atoms with Gasteiger partial charge in [0.25, 0.3) is 0 Å². The van der Waals surface area contributed by atoms with E-state index in [0.29, 0.717) is 0 Å². The molecule has 0 amide bonds. The molecule has 0 fully saturated rings. The molecule has 0 saturated heterocycles. The van der Waals surface area contributed by atoms with Gasteiger partial charge in [-0.25, -0.2) is 0 Å². The number of nitrogens with one attached hydrogen (secondary N) is 1. The van der Waals surface area contributed by atoms with Crippen LogP contribution < -0.4 is 5.32 Å². The third-order valence-corrected chi connectivity index (χ3v) is 3.28. The van der Waals surface area contributed by atoms with Crippen LogP contribution in [0.25, 0.3) is 0 Å². The smallest absolute Gasteiger partial charge is 0.0544 e. The van der Waals surface area contributed by atoms with E-state index in [1.165, 1.54) is 24.8 Å². The summed E-state index contributed by atoms with van der Waals surface area (Å²) >= 11 is 0. The first kappa shape index (κ1) is 17.1. The molecule has 0 aliphatic rings. The van der Waals surface area contributed by atoms with E-state index in [0.717, 1.165) is 25.3 Å².